The zero-order valence-corrected chi connectivity index (χ0v) is 9.21. The van der Waals surface area contributed by atoms with Crippen LogP contribution in [0.5, 0.6) is 0 Å². The zero-order valence-electron chi connectivity index (χ0n) is 9.21. The summed E-state index contributed by atoms with van der Waals surface area (Å²) in [5.74, 6) is 0. The van der Waals surface area contributed by atoms with Crippen molar-refractivity contribution in [1.29, 1.82) is 5.26 Å². The summed E-state index contributed by atoms with van der Waals surface area (Å²) in [5, 5.41) is 13.4. The highest BCUT2D eigenvalue weighted by Gasteiger charge is 2.39. The molecule has 0 amide bonds. The van der Waals surface area contributed by atoms with Crippen molar-refractivity contribution >= 4 is 5.69 Å². The highest BCUT2D eigenvalue weighted by atomic mass is 15.7. The maximum Gasteiger partial charge on any atom is 0.200 e. The van der Waals surface area contributed by atoms with E-state index in [1.165, 1.54) is 25.7 Å². The van der Waals surface area contributed by atoms with Crippen molar-refractivity contribution in [2.24, 2.45) is 0 Å². The third-order valence-corrected chi connectivity index (χ3v) is 3.71. The van der Waals surface area contributed by atoms with Crippen LogP contribution in [0.25, 0.3) is 0 Å². The number of rotatable bonds is 1. The highest BCUT2D eigenvalue weighted by Crippen LogP contribution is 2.37. The summed E-state index contributed by atoms with van der Waals surface area (Å²) in [6.45, 7) is 0. The van der Waals surface area contributed by atoms with Gasteiger partial charge in [0.1, 0.15) is 0 Å². The summed E-state index contributed by atoms with van der Waals surface area (Å²) < 4.78 is 0. The Balaban J connectivity index is 1.97. The zero-order chi connectivity index (χ0) is 11.0. The lowest BCUT2D eigenvalue weighted by molar-refractivity contribution is 0.110. The fourth-order valence-electron chi connectivity index (χ4n) is 2.94. The summed E-state index contributed by atoms with van der Waals surface area (Å²) in [6, 6.07) is 11.2. The van der Waals surface area contributed by atoms with E-state index in [-0.39, 0.29) is 0 Å². The van der Waals surface area contributed by atoms with E-state index >= 15 is 0 Å². The van der Waals surface area contributed by atoms with Gasteiger partial charge in [0.05, 0.1) is 17.8 Å². The van der Waals surface area contributed by atoms with Gasteiger partial charge in [-0.25, -0.2) is 5.01 Å². The van der Waals surface area contributed by atoms with Gasteiger partial charge in [0.25, 0.3) is 0 Å². The van der Waals surface area contributed by atoms with E-state index in [1.807, 2.05) is 23.2 Å². The van der Waals surface area contributed by atoms with Crippen LogP contribution in [0.15, 0.2) is 30.3 Å². The van der Waals surface area contributed by atoms with Gasteiger partial charge in [-0.05, 0) is 37.8 Å². The molecule has 1 aromatic carbocycles. The molecule has 1 saturated carbocycles. The fraction of sp³-hybridized carbons (Fsp3) is 0.462. The molecule has 0 aromatic heterocycles. The Morgan fingerprint density at radius 1 is 1.00 bits per heavy atom. The molecule has 3 nitrogen and oxygen atoms in total. The predicted octanol–water partition coefficient (Wildman–Crippen LogP) is 2.52. The van der Waals surface area contributed by atoms with Gasteiger partial charge in [-0.3, -0.25) is 5.01 Å². The Morgan fingerprint density at radius 2 is 1.62 bits per heavy atom. The molecule has 2 bridgehead atoms. The van der Waals surface area contributed by atoms with Crippen LogP contribution in [0.2, 0.25) is 0 Å². The lowest BCUT2D eigenvalue weighted by Gasteiger charge is -2.51. The monoisotopic (exact) mass is 213 g/mol. The average molecular weight is 213 g/mol. The number of nitrogens with zero attached hydrogens (tertiary/aromatic N) is 3. The molecule has 82 valence electrons. The number of anilines is 1. The van der Waals surface area contributed by atoms with Crippen molar-refractivity contribution in [1.82, 2.24) is 5.01 Å². The van der Waals surface area contributed by atoms with E-state index in [9.17, 15) is 5.26 Å². The first kappa shape index (κ1) is 9.53. The van der Waals surface area contributed by atoms with Gasteiger partial charge in [-0.2, -0.15) is 5.26 Å². The first-order chi connectivity index (χ1) is 7.90. The van der Waals surface area contributed by atoms with Crippen LogP contribution in [0, 0.1) is 11.5 Å². The molecular weight excluding hydrogens is 198 g/mol. The van der Waals surface area contributed by atoms with Gasteiger partial charge in [0.15, 0.2) is 6.19 Å². The van der Waals surface area contributed by atoms with E-state index in [4.69, 9.17) is 0 Å². The summed E-state index contributed by atoms with van der Waals surface area (Å²) in [6.07, 6.45) is 7.12. The van der Waals surface area contributed by atoms with Crippen molar-refractivity contribution in [3.8, 4) is 6.19 Å². The molecule has 0 spiro atoms. The van der Waals surface area contributed by atoms with E-state index in [0.717, 1.165) is 5.69 Å². The Morgan fingerprint density at radius 3 is 2.25 bits per heavy atom. The SMILES string of the molecule is N#CN1C2CCC(CC2)N1c1ccccc1. The molecule has 3 fully saturated rings. The molecule has 1 aromatic rings. The molecule has 2 heterocycles. The number of nitriles is 1. The summed E-state index contributed by atoms with van der Waals surface area (Å²) in [7, 11) is 0. The van der Waals surface area contributed by atoms with Gasteiger partial charge in [0.2, 0.25) is 0 Å². The van der Waals surface area contributed by atoms with Crippen molar-refractivity contribution in [3.05, 3.63) is 30.3 Å². The number of fused-ring (bicyclic) bond motifs is 3. The Bertz CT molecular complexity index is 401. The standard InChI is InChI=1S/C13H15N3/c14-10-15-11-6-8-13(9-7-11)16(15)12-4-2-1-3-5-12/h1-5,11,13H,6-9H2. The lowest BCUT2D eigenvalue weighted by atomic mass is 9.87. The van der Waals surface area contributed by atoms with Crippen molar-refractivity contribution in [2.45, 2.75) is 37.8 Å². The third kappa shape index (κ3) is 1.34. The minimum absolute atomic E-state index is 0.426. The van der Waals surface area contributed by atoms with E-state index in [2.05, 4.69) is 23.3 Å². The molecule has 1 aliphatic carbocycles. The maximum absolute atomic E-state index is 9.28. The number of benzene rings is 1. The molecule has 3 heteroatoms. The molecular formula is C13H15N3. The van der Waals surface area contributed by atoms with Gasteiger partial charge in [-0.1, -0.05) is 18.2 Å². The van der Waals surface area contributed by atoms with Gasteiger partial charge < -0.3 is 0 Å². The van der Waals surface area contributed by atoms with Gasteiger partial charge in [-0.15, -0.1) is 0 Å². The Kier molecular flexibility index (Phi) is 2.21. The number of hydrazine groups is 1. The highest BCUT2D eigenvalue weighted by molar-refractivity contribution is 5.47. The molecule has 16 heavy (non-hydrogen) atoms. The normalized spacial score (nSPS) is 27.9. The third-order valence-electron chi connectivity index (χ3n) is 3.71. The van der Waals surface area contributed by atoms with Crippen molar-refractivity contribution < 1.29 is 0 Å². The van der Waals surface area contributed by atoms with Crippen LogP contribution in [-0.4, -0.2) is 17.1 Å². The molecule has 4 rings (SSSR count). The molecule has 0 unspecified atom stereocenters. The minimum atomic E-state index is 0.426. The smallest absolute Gasteiger partial charge is 0.200 e. The number of hydrogen-bond donors (Lipinski definition) is 0. The second-order valence-electron chi connectivity index (χ2n) is 4.59. The van der Waals surface area contributed by atoms with Gasteiger partial charge in [0, 0.05) is 0 Å². The maximum atomic E-state index is 9.28. The van der Waals surface area contributed by atoms with Crippen LogP contribution in [0.4, 0.5) is 5.69 Å². The van der Waals surface area contributed by atoms with E-state index in [1.54, 1.807) is 0 Å². The van der Waals surface area contributed by atoms with Crippen LogP contribution >= 0.6 is 0 Å². The first-order valence-electron chi connectivity index (χ1n) is 5.93. The molecule has 0 radical (unpaired) electrons. The van der Waals surface area contributed by atoms with Crippen LogP contribution in [-0.2, 0) is 0 Å². The second kappa shape index (κ2) is 3.71. The molecule has 0 atom stereocenters. The second-order valence-corrected chi connectivity index (χ2v) is 4.59. The number of hydrogen-bond acceptors (Lipinski definition) is 3. The van der Waals surface area contributed by atoms with Crippen molar-refractivity contribution in [2.75, 3.05) is 5.01 Å². The van der Waals surface area contributed by atoms with Crippen molar-refractivity contribution in [3.63, 3.8) is 0 Å². The minimum Gasteiger partial charge on any atom is -0.273 e. The summed E-state index contributed by atoms with van der Waals surface area (Å²) >= 11 is 0. The van der Waals surface area contributed by atoms with Crippen LogP contribution in [0.3, 0.4) is 0 Å². The average Bonchev–Trinajstić information content (AvgIpc) is 2.40. The summed E-state index contributed by atoms with van der Waals surface area (Å²) in [5.41, 5.74) is 1.15. The topological polar surface area (TPSA) is 30.3 Å². The van der Waals surface area contributed by atoms with Crippen LogP contribution < -0.4 is 5.01 Å². The quantitative estimate of drug-likeness (QED) is 0.671. The largest absolute Gasteiger partial charge is 0.273 e. The van der Waals surface area contributed by atoms with E-state index < -0.39 is 0 Å². The lowest BCUT2D eigenvalue weighted by Crippen LogP contribution is -2.59. The fourth-order valence-corrected chi connectivity index (χ4v) is 2.94. The van der Waals surface area contributed by atoms with E-state index in [0.29, 0.717) is 12.1 Å². The molecule has 2 aliphatic heterocycles. The molecule has 3 aliphatic rings. The first-order valence-corrected chi connectivity index (χ1v) is 5.93. The predicted molar refractivity (Wildman–Crippen MR) is 62.4 cm³/mol. The Hall–Kier alpha value is -1.69. The van der Waals surface area contributed by atoms with Gasteiger partial charge >= 0.3 is 0 Å². The van der Waals surface area contributed by atoms with Crippen LogP contribution in [0.1, 0.15) is 25.7 Å². The molecule has 2 saturated heterocycles. The number of para-hydroxylation sites is 1. The summed E-state index contributed by atoms with van der Waals surface area (Å²) in [4.78, 5) is 0. The molecule has 0 N–H and O–H groups in total. The Labute approximate surface area is 95.9 Å².